The van der Waals surface area contributed by atoms with Crippen molar-refractivity contribution in [1.29, 1.82) is 0 Å². The molecule has 0 fully saturated rings. The number of halogens is 1. The van der Waals surface area contributed by atoms with Gasteiger partial charge >= 0.3 is 0 Å². The molecule has 1 heterocycles. The Hall–Kier alpha value is -2.84. The number of anilines is 1. The van der Waals surface area contributed by atoms with Crippen LogP contribution in [0.25, 0.3) is 11.4 Å². The fraction of sp³-hybridized carbons (Fsp3) is 0.333. The predicted octanol–water partition coefficient (Wildman–Crippen LogP) is 4.76. The molecule has 174 valence electrons. The Kier molecular flexibility index (Phi) is 8.52. The van der Waals surface area contributed by atoms with E-state index in [1.807, 2.05) is 73.9 Å². The van der Waals surface area contributed by atoms with E-state index in [2.05, 4.69) is 15.5 Å². The Morgan fingerprint density at radius 1 is 1.12 bits per heavy atom. The third-order valence-electron chi connectivity index (χ3n) is 5.19. The molecule has 1 unspecified atom stereocenters. The van der Waals surface area contributed by atoms with Crippen molar-refractivity contribution < 1.29 is 9.59 Å². The zero-order valence-electron chi connectivity index (χ0n) is 19.2. The Morgan fingerprint density at radius 3 is 2.48 bits per heavy atom. The van der Waals surface area contributed by atoms with Crippen LogP contribution in [0.1, 0.15) is 26.3 Å². The minimum Gasteiger partial charge on any atom is -0.335 e. The maximum atomic E-state index is 12.9. The third kappa shape index (κ3) is 6.15. The topological polar surface area (TPSA) is 80.1 Å². The van der Waals surface area contributed by atoms with Gasteiger partial charge in [-0.05, 0) is 56.2 Å². The van der Waals surface area contributed by atoms with E-state index in [-0.39, 0.29) is 18.4 Å². The number of aryl methyl sites for hydroxylation is 1. The quantitative estimate of drug-likeness (QED) is 0.442. The van der Waals surface area contributed by atoms with Gasteiger partial charge in [-0.15, -0.1) is 10.2 Å². The lowest BCUT2D eigenvalue weighted by atomic mass is 10.1. The molecule has 0 aliphatic rings. The molecule has 0 radical (unpaired) electrons. The highest BCUT2D eigenvalue weighted by atomic mass is 35.5. The van der Waals surface area contributed by atoms with Crippen molar-refractivity contribution in [3.05, 3.63) is 59.1 Å². The second-order valence-electron chi connectivity index (χ2n) is 7.57. The summed E-state index contributed by atoms with van der Waals surface area (Å²) in [5, 5.41) is 12.4. The van der Waals surface area contributed by atoms with Crippen molar-refractivity contribution in [2.24, 2.45) is 0 Å². The van der Waals surface area contributed by atoms with E-state index in [9.17, 15) is 9.59 Å². The fourth-order valence-corrected chi connectivity index (χ4v) is 4.58. The monoisotopic (exact) mass is 485 g/mol. The summed E-state index contributed by atoms with van der Waals surface area (Å²) in [5.41, 5.74) is 2.74. The normalized spacial score (nSPS) is 11.8. The number of hydrogen-bond acceptors (Lipinski definition) is 5. The third-order valence-corrected chi connectivity index (χ3v) is 6.51. The summed E-state index contributed by atoms with van der Waals surface area (Å²) in [6.07, 6.45) is 0.815. The zero-order valence-corrected chi connectivity index (χ0v) is 20.8. The lowest BCUT2D eigenvalue weighted by Gasteiger charge is -2.21. The standard InChI is InChI=1S/C24H28ClN5O2S/c1-5-17-9-7-8-10-20(17)26-21(31)15-29(4)23(32)16(3)33-24-28-27-22(30(24)6-2)18-11-13-19(25)14-12-18/h7-14,16H,5-6,15H2,1-4H3,(H,26,31). The first-order chi connectivity index (χ1) is 15.8. The molecule has 0 saturated carbocycles. The molecule has 0 bridgehead atoms. The first-order valence-electron chi connectivity index (χ1n) is 10.8. The molecule has 3 rings (SSSR count). The number of nitrogens with zero attached hydrogens (tertiary/aromatic N) is 4. The van der Waals surface area contributed by atoms with Gasteiger partial charge in [-0.3, -0.25) is 9.59 Å². The Morgan fingerprint density at radius 2 is 1.82 bits per heavy atom. The van der Waals surface area contributed by atoms with E-state index < -0.39 is 5.25 Å². The van der Waals surface area contributed by atoms with Crippen molar-refractivity contribution in [3.63, 3.8) is 0 Å². The van der Waals surface area contributed by atoms with Gasteiger partial charge in [0.25, 0.3) is 0 Å². The summed E-state index contributed by atoms with van der Waals surface area (Å²) in [5.74, 6) is 0.335. The number of carbonyl (C=O) groups is 2. The Bertz CT molecular complexity index is 1120. The summed E-state index contributed by atoms with van der Waals surface area (Å²) in [6.45, 7) is 6.48. The summed E-state index contributed by atoms with van der Waals surface area (Å²) in [4.78, 5) is 26.9. The van der Waals surface area contributed by atoms with Crippen LogP contribution in [-0.4, -0.2) is 50.3 Å². The van der Waals surface area contributed by atoms with Gasteiger partial charge in [-0.25, -0.2) is 0 Å². The molecule has 1 aromatic heterocycles. The first-order valence-corrected chi connectivity index (χ1v) is 12.1. The van der Waals surface area contributed by atoms with Crippen LogP contribution in [0, 0.1) is 0 Å². The van der Waals surface area contributed by atoms with E-state index in [0.29, 0.717) is 16.7 Å². The molecule has 0 aliphatic heterocycles. The number of para-hydroxylation sites is 1. The van der Waals surface area contributed by atoms with Crippen LogP contribution in [0.5, 0.6) is 0 Å². The summed E-state index contributed by atoms with van der Waals surface area (Å²) in [7, 11) is 1.63. The number of nitrogens with one attached hydrogen (secondary N) is 1. The second-order valence-corrected chi connectivity index (χ2v) is 9.31. The van der Waals surface area contributed by atoms with E-state index in [1.54, 1.807) is 7.05 Å². The van der Waals surface area contributed by atoms with Gasteiger partial charge in [0, 0.05) is 29.9 Å². The van der Waals surface area contributed by atoms with E-state index in [4.69, 9.17) is 11.6 Å². The summed E-state index contributed by atoms with van der Waals surface area (Å²) >= 11 is 7.32. The van der Waals surface area contributed by atoms with Gasteiger partial charge in [-0.1, -0.05) is 48.5 Å². The molecule has 33 heavy (non-hydrogen) atoms. The van der Waals surface area contributed by atoms with Gasteiger partial charge in [0.2, 0.25) is 11.8 Å². The molecule has 2 aromatic carbocycles. The molecule has 0 saturated heterocycles. The van der Waals surface area contributed by atoms with Crippen molar-refractivity contribution in [1.82, 2.24) is 19.7 Å². The number of carbonyl (C=O) groups excluding carboxylic acids is 2. The van der Waals surface area contributed by atoms with Crippen LogP contribution in [0.4, 0.5) is 5.69 Å². The molecular weight excluding hydrogens is 458 g/mol. The number of aromatic nitrogens is 3. The number of hydrogen-bond donors (Lipinski definition) is 1. The molecule has 7 nitrogen and oxygen atoms in total. The molecule has 1 N–H and O–H groups in total. The van der Waals surface area contributed by atoms with Gasteiger partial charge in [-0.2, -0.15) is 0 Å². The fourth-order valence-electron chi connectivity index (χ4n) is 3.43. The minimum absolute atomic E-state index is 0.0295. The second kappa shape index (κ2) is 11.3. The minimum atomic E-state index is -0.432. The van der Waals surface area contributed by atoms with Gasteiger partial charge < -0.3 is 14.8 Å². The molecule has 0 spiro atoms. The average molecular weight is 486 g/mol. The van der Waals surface area contributed by atoms with Crippen LogP contribution >= 0.6 is 23.4 Å². The number of likely N-dealkylation sites (N-methyl/N-ethyl adjacent to an activating group) is 1. The highest BCUT2D eigenvalue weighted by Gasteiger charge is 2.24. The van der Waals surface area contributed by atoms with E-state index in [0.717, 1.165) is 29.1 Å². The Balaban J connectivity index is 1.64. The molecular formula is C24H28ClN5O2S. The molecule has 0 aliphatic carbocycles. The highest BCUT2D eigenvalue weighted by molar-refractivity contribution is 8.00. The smallest absolute Gasteiger partial charge is 0.243 e. The number of rotatable bonds is 9. The summed E-state index contributed by atoms with van der Waals surface area (Å²) < 4.78 is 1.96. The van der Waals surface area contributed by atoms with Crippen molar-refractivity contribution in [2.75, 3.05) is 18.9 Å². The highest BCUT2D eigenvalue weighted by Crippen LogP contribution is 2.28. The van der Waals surface area contributed by atoms with E-state index in [1.165, 1.54) is 16.7 Å². The van der Waals surface area contributed by atoms with Gasteiger partial charge in [0.1, 0.15) is 0 Å². The summed E-state index contributed by atoms with van der Waals surface area (Å²) in [6, 6.07) is 15.1. The number of thioether (sulfide) groups is 1. The average Bonchev–Trinajstić information content (AvgIpc) is 3.21. The van der Waals surface area contributed by atoms with Gasteiger partial charge in [0.15, 0.2) is 11.0 Å². The van der Waals surface area contributed by atoms with Gasteiger partial charge in [0.05, 0.1) is 11.8 Å². The molecule has 2 amide bonds. The molecule has 1 atom stereocenters. The Labute approximate surface area is 203 Å². The van der Waals surface area contributed by atoms with Crippen LogP contribution in [0.3, 0.4) is 0 Å². The van der Waals surface area contributed by atoms with Crippen LogP contribution in [0.15, 0.2) is 53.7 Å². The SMILES string of the molecule is CCc1ccccc1NC(=O)CN(C)C(=O)C(C)Sc1nnc(-c2ccc(Cl)cc2)n1CC. The van der Waals surface area contributed by atoms with Crippen LogP contribution < -0.4 is 5.32 Å². The van der Waals surface area contributed by atoms with Crippen LogP contribution in [-0.2, 0) is 22.6 Å². The van der Waals surface area contributed by atoms with Crippen molar-refractivity contribution >= 4 is 40.9 Å². The predicted molar refractivity (Wildman–Crippen MR) is 134 cm³/mol. The number of benzene rings is 2. The zero-order chi connectivity index (χ0) is 24.0. The first kappa shape index (κ1) is 24.8. The lowest BCUT2D eigenvalue weighted by Crippen LogP contribution is -2.39. The van der Waals surface area contributed by atoms with Crippen LogP contribution in [0.2, 0.25) is 5.02 Å². The molecule has 9 heteroatoms. The molecule has 3 aromatic rings. The van der Waals surface area contributed by atoms with E-state index >= 15 is 0 Å². The number of amides is 2. The van der Waals surface area contributed by atoms with Crippen molar-refractivity contribution in [3.8, 4) is 11.4 Å². The lowest BCUT2D eigenvalue weighted by molar-refractivity contribution is -0.132. The largest absolute Gasteiger partial charge is 0.335 e. The maximum Gasteiger partial charge on any atom is 0.243 e. The van der Waals surface area contributed by atoms with Crippen molar-refractivity contribution in [2.45, 2.75) is 44.1 Å². The maximum absolute atomic E-state index is 12.9.